The summed E-state index contributed by atoms with van der Waals surface area (Å²) < 4.78 is 0. The van der Waals surface area contributed by atoms with Gasteiger partial charge in [0.2, 0.25) is 5.91 Å². The molecular weight excluding hydrogens is 306 g/mol. The third-order valence-electron chi connectivity index (χ3n) is 3.37. The number of halogens is 1. The van der Waals surface area contributed by atoms with Gasteiger partial charge in [-0.1, -0.05) is 30.7 Å². The van der Waals surface area contributed by atoms with Crippen molar-refractivity contribution in [3.05, 3.63) is 29.3 Å². The highest BCUT2D eigenvalue weighted by Crippen LogP contribution is 2.20. The Hall–Kier alpha value is -2.08. The van der Waals surface area contributed by atoms with Crippen molar-refractivity contribution in [1.82, 2.24) is 10.2 Å². The van der Waals surface area contributed by atoms with E-state index in [0.717, 1.165) is 6.42 Å². The molecule has 1 unspecified atom stereocenters. The average Bonchev–Trinajstić information content (AvgIpc) is 2.81. The van der Waals surface area contributed by atoms with Crippen molar-refractivity contribution in [2.45, 2.75) is 25.8 Å². The van der Waals surface area contributed by atoms with Gasteiger partial charge in [-0.3, -0.25) is 14.4 Å². The molecule has 6 nitrogen and oxygen atoms in total. The molecule has 0 spiro atoms. The van der Waals surface area contributed by atoms with Crippen LogP contribution in [0.2, 0.25) is 5.02 Å². The second-order valence-corrected chi connectivity index (χ2v) is 5.56. The number of para-hydroxylation sites is 1. The fourth-order valence-corrected chi connectivity index (χ4v) is 2.53. The zero-order valence-electron chi connectivity index (χ0n) is 12.3. The molecule has 1 atom stereocenters. The third-order valence-corrected chi connectivity index (χ3v) is 3.70. The number of hydrogen-bond donors (Lipinski definition) is 2. The lowest BCUT2D eigenvalue weighted by Gasteiger charge is -2.16. The molecule has 2 N–H and O–H groups in total. The Bertz CT molecular complexity index is 591. The van der Waals surface area contributed by atoms with Crippen molar-refractivity contribution >= 4 is 35.0 Å². The lowest BCUT2D eigenvalue weighted by atomic mass is 10.2. The SMILES string of the molecule is CCCN1CC(NC(=O)C(=O)Nc2ccccc2Cl)CC1=O. The summed E-state index contributed by atoms with van der Waals surface area (Å²) >= 11 is 5.92. The Kier molecular flexibility index (Phi) is 5.38. The van der Waals surface area contributed by atoms with E-state index in [9.17, 15) is 14.4 Å². The van der Waals surface area contributed by atoms with Crippen LogP contribution in [0, 0.1) is 0 Å². The minimum Gasteiger partial charge on any atom is -0.343 e. The number of hydrogen-bond acceptors (Lipinski definition) is 3. The van der Waals surface area contributed by atoms with Crippen molar-refractivity contribution in [2.75, 3.05) is 18.4 Å². The first kappa shape index (κ1) is 16.3. The van der Waals surface area contributed by atoms with Crippen LogP contribution < -0.4 is 10.6 Å². The summed E-state index contributed by atoms with van der Waals surface area (Å²) in [5, 5.41) is 5.39. The van der Waals surface area contributed by atoms with Gasteiger partial charge in [-0.25, -0.2) is 0 Å². The van der Waals surface area contributed by atoms with E-state index in [4.69, 9.17) is 11.6 Å². The standard InChI is InChI=1S/C15H18ClN3O3/c1-2-7-19-9-10(8-13(19)20)17-14(21)15(22)18-12-6-4-3-5-11(12)16/h3-6,10H,2,7-9H2,1H3,(H,17,21)(H,18,22). The molecule has 1 aliphatic rings. The maximum atomic E-state index is 11.9. The molecule has 1 aromatic rings. The summed E-state index contributed by atoms with van der Waals surface area (Å²) in [7, 11) is 0. The summed E-state index contributed by atoms with van der Waals surface area (Å²) in [6.45, 7) is 3.09. The molecule has 1 aliphatic heterocycles. The quantitative estimate of drug-likeness (QED) is 0.822. The minimum atomic E-state index is -0.797. The van der Waals surface area contributed by atoms with Gasteiger partial charge in [0, 0.05) is 19.5 Å². The normalized spacial score (nSPS) is 17.5. The summed E-state index contributed by atoms with van der Waals surface area (Å²) in [5.41, 5.74) is 0.374. The van der Waals surface area contributed by atoms with Gasteiger partial charge in [0.1, 0.15) is 0 Å². The molecule has 1 aromatic carbocycles. The van der Waals surface area contributed by atoms with Crippen molar-refractivity contribution in [3.8, 4) is 0 Å². The summed E-state index contributed by atoms with van der Waals surface area (Å²) in [6.07, 6.45) is 1.09. The number of rotatable bonds is 4. The maximum absolute atomic E-state index is 11.9. The van der Waals surface area contributed by atoms with Crippen LogP contribution in [0.4, 0.5) is 5.69 Å². The predicted octanol–water partition coefficient (Wildman–Crippen LogP) is 1.41. The number of benzene rings is 1. The molecule has 3 amide bonds. The van der Waals surface area contributed by atoms with E-state index in [1.807, 2.05) is 6.92 Å². The summed E-state index contributed by atoms with van der Waals surface area (Å²) in [5.74, 6) is -1.57. The Balaban J connectivity index is 1.89. The Morgan fingerprint density at radius 3 is 2.73 bits per heavy atom. The molecule has 0 radical (unpaired) electrons. The first-order valence-corrected chi connectivity index (χ1v) is 7.53. The smallest absolute Gasteiger partial charge is 0.313 e. The van der Waals surface area contributed by atoms with Gasteiger partial charge in [-0.15, -0.1) is 0 Å². The number of nitrogens with zero attached hydrogens (tertiary/aromatic N) is 1. The van der Waals surface area contributed by atoms with Crippen LogP contribution in [0.15, 0.2) is 24.3 Å². The number of amides is 3. The van der Waals surface area contributed by atoms with Crippen molar-refractivity contribution < 1.29 is 14.4 Å². The van der Waals surface area contributed by atoms with E-state index >= 15 is 0 Å². The lowest BCUT2D eigenvalue weighted by molar-refractivity contribution is -0.136. The van der Waals surface area contributed by atoms with Crippen LogP contribution >= 0.6 is 11.6 Å². The van der Waals surface area contributed by atoms with Gasteiger partial charge in [0.15, 0.2) is 0 Å². The highest BCUT2D eigenvalue weighted by molar-refractivity contribution is 6.41. The lowest BCUT2D eigenvalue weighted by Crippen LogP contribution is -2.43. The number of carbonyl (C=O) groups is 3. The maximum Gasteiger partial charge on any atom is 0.313 e. The van der Waals surface area contributed by atoms with Gasteiger partial charge in [0.05, 0.1) is 16.8 Å². The summed E-state index contributed by atoms with van der Waals surface area (Å²) in [6, 6.07) is 6.33. The van der Waals surface area contributed by atoms with Crippen molar-refractivity contribution in [3.63, 3.8) is 0 Å². The fourth-order valence-electron chi connectivity index (χ4n) is 2.35. The number of carbonyl (C=O) groups excluding carboxylic acids is 3. The van der Waals surface area contributed by atoms with Crippen LogP contribution in [0.3, 0.4) is 0 Å². The van der Waals surface area contributed by atoms with E-state index in [-0.39, 0.29) is 18.4 Å². The summed E-state index contributed by atoms with van der Waals surface area (Å²) in [4.78, 5) is 37.2. The van der Waals surface area contributed by atoms with Crippen LogP contribution in [0.25, 0.3) is 0 Å². The molecule has 2 rings (SSSR count). The fraction of sp³-hybridized carbons (Fsp3) is 0.400. The van der Waals surface area contributed by atoms with Crippen LogP contribution in [0.5, 0.6) is 0 Å². The molecule has 1 heterocycles. The Morgan fingerprint density at radius 2 is 2.05 bits per heavy atom. The van der Waals surface area contributed by atoms with Crippen LogP contribution in [0.1, 0.15) is 19.8 Å². The molecule has 22 heavy (non-hydrogen) atoms. The minimum absolute atomic E-state index is 0.00124. The van der Waals surface area contributed by atoms with E-state index < -0.39 is 11.8 Å². The number of anilines is 1. The number of nitrogens with one attached hydrogen (secondary N) is 2. The molecule has 0 saturated carbocycles. The second-order valence-electron chi connectivity index (χ2n) is 5.15. The van der Waals surface area contributed by atoms with Gasteiger partial charge in [0.25, 0.3) is 0 Å². The molecule has 1 fully saturated rings. The monoisotopic (exact) mass is 323 g/mol. The average molecular weight is 324 g/mol. The van der Waals surface area contributed by atoms with E-state index in [0.29, 0.717) is 23.8 Å². The molecule has 0 bridgehead atoms. The van der Waals surface area contributed by atoms with Gasteiger partial charge in [-0.2, -0.15) is 0 Å². The van der Waals surface area contributed by atoms with E-state index in [2.05, 4.69) is 10.6 Å². The highest BCUT2D eigenvalue weighted by atomic mass is 35.5. The Labute approximate surface area is 133 Å². The largest absolute Gasteiger partial charge is 0.343 e. The van der Waals surface area contributed by atoms with Crippen LogP contribution in [-0.4, -0.2) is 41.8 Å². The van der Waals surface area contributed by atoms with Gasteiger partial charge >= 0.3 is 11.8 Å². The van der Waals surface area contributed by atoms with Crippen molar-refractivity contribution in [2.24, 2.45) is 0 Å². The molecule has 0 aromatic heterocycles. The Morgan fingerprint density at radius 1 is 1.32 bits per heavy atom. The third kappa shape index (κ3) is 3.98. The molecule has 0 aliphatic carbocycles. The topological polar surface area (TPSA) is 78.5 Å². The van der Waals surface area contributed by atoms with Gasteiger partial charge < -0.3 is 15.5 Å². The highest BCUT2D eigenvalue weighted by Gasteiger charge is 2.31. The van der Waals surface area contributed by atoms with E-state index in [1.54, 1.807) is 29.2 Å². The van der Waals surface area contributed by atoms with Crippen LogP contribution in [-0.2, 0) is 14.4 Å². The second kappa shape index (κ2) is 7.26. The first-order valence-electron chi connectivity index (χ1n) is 7.15. The first-order chi connectivity index (χ1) is 10.5. The molecule has 118 valence electrons. The van der Waals surface area contributed by atoms with E-state index in [1.165, 1.54) is 0 Å². The zero-order valence-corrected chi connectivity index (χ0v) is 13.0. The molecular formula is C15H18ClN3O3. The zero-order chi connectivity index (χ0) is 16.1. The molecule has 7 heteroatoms. The van der Waals surface area contributed by atoms with Gasteiger partial charge in [-0.05, 0) is 18.6 Å². The molecule has 1 saturated heterocycles. The predicted molar refractivity (Wildman–Crippen MR) is 83.5 cm³/mol. The number of likely N-dealkylation sites (tertiary alicyclic amines) is 1. The van der Waals surface area contributed by atoms with Crippen molar-refractivity contribution in [1.29, 1.82) is 0 Å².